The molecule has 2 aromatic carbocycles. The summed E-state index contributed by atoms with van der Waals surface area (Å²) in [6.45, 7) is 0. The third-order valence-electron chi connectivity index (χ3n) is 10.7. The summed E-state index contributed by atoms with van der Waals surface area (Å²) in [4.78, 5) is 0. The summed E-state index contributed by atoms with van der Waals surface area (Å²) in [5, 5.41) is 6.47. The van der Waals surface area contributed by atoms with Gasteiger partial charge in [-0.15, -0.1) is 0 Å². The lowest BCUT2D eigenvalue weighted by Gasteiger charge is -2.36. The first-order valence-electron chi connectivity index (χ1n) is 17.0. The molecule has 3 aromatic rings. The van der Waals surface area contributed by atoms with E-state index in [0.29, 0.717) is 17.8 Å². The van der Waals surface area contributed by atoms with Crippen LogP contribution in [0, 0.1) is 11.8 Å². The van der Waals surface area contributed by atoms with Crippen molar-refractivity contribution in [2.45, 2.75) is 76.5 Å². The highest BCUT2D eigenvalue weighted by Crippen LogP contribution is 2.46. The van der Waals surface area contributed by atoms with Crippen molar-refractivity contribution in [1.82, 2.24) is 5.32 Å². The first kappa shape index (κ1) is 27.5. The summed E-state index contributed by atoms with van der Waals surface area (Å²) in [6, 6.07) is 15.4. The monoisotopic (exact) mass is 577 g/mol. The van der Waals surface area contributed by atoms with Crippen molar-refractivity contribution < 1.29 is 4.42 Å². The molecule has 0 radical (unpaired) electrons. The molecule has 0 amide bonds. The first-order chi connectivity index (χ1) is 21.8. The van der Waals surface area contributed by atoms with Crippen LogP contribution in [0.2, 0.25) is 0 Å². The highest BCUT2D eigenvalue weighted by molar-refractivity contribution is 6.05. The molecule has 2 nitrogen and oxygen atoms in total. The number of hydrogen-bond acceptors (Lipinski definition) is 2. The number of allylic oxidation sites excluding steroid dienone is 16. The molecule has 0 saturated heterocycles. The van der Waals surface area contributed by atoms with E-state index in [9.17, 15) is 0 Å². The fraction of sp³-hybridized carbons (Fsp3) is 0.333. The third-order valence-corrected chi connectivity index (χ3v) is 10.7. The van der Waals surface area contributed by atoms with Crippen molar-refractivity contribution in [3.05, 3.63) is 142 Å². The van der Waals surface area contributed by atoms with Crippen molar-refractivity contribution >= 4 is 21.9 Å². The molecule has 0 fully saturated rings. The molecule has 3 atom stereocenters. The fourth-order valence-electron chi connectivity index (χ4n) is 8.28. The zero-order valence-corrected chi connectivity index (χ0v) is 25.7. The van der Waals surface area contributed by atoms with Crippen LogP contribution < -0.4 is 5.32 Å². The fourth-order valence-corrected chi connectivity index (χ4v) is 8.28. The van der Waals surface area contributed by atoms with E-state index in [2.05, 4.69) is 109 Å². The van der Waals surface area contributed by atoms with Crippen molar-refractivity contribution in [3.63, 3.8) is 0 Å². The molecule has 222 valence electrons. The molecule has 1 heterocycles. The summed E-state index contributed by atoms with van der Waals surface area (Å²) >= 11 is 0. The Labute approximate surface area is 262 Å². The van der Waals surface area contributed by atoms with E-state index in [-0.39, 0.29) is 0 Å². The number of nitrogens with one attached hydrogen (secondary N) is 1. The maximum absolute atomic E-state index is 6.17. The molecule has 1 aromatic heterocycles. The van der Waals surface area contributed by atoms with Gasteiger partial charge in [-0.1, -0.05) is 84.5 Å². The Balaban J connectivity index is 1.07. The lowest BCUT2D eigenvalue weighted by molar-refractivity contribution is 0.452. The van der Waals surface area contributed by atoms with Gasteiger partial charge in [-0.25, -0.2) is 0 Å². The van der Waals surface area contributed by atoms with Gasteiger partial charge in [0.25, 0.3) is 0 Å². The molecule has 0 saturated carbocycles. The minimum Gasteiger partial charge on any atom is -0.456 e. The van der Waals surface area contributed by atoms with Crippen LogP contribution in [-0.2, 0) is 0 Å². The van der Waals surface area contributed by atoms with E-state index in [4.69, 9.17) is 4.42 Å². The van der Waals surface area contributed by atoms with Gasteiger partial charge in [0.15, 0.2) is 0 Å². The second-order valence-corrected chi connectivity index (χ2v) is 13.4. The van der Waals surface area contributed by atoms with E-state index in [1.165, 1.54) is 66.3 Å². The molecule has 5 aliphatic rings. The second-order valence-electron chi connectivity index (χ2n) is 13.4. The second kappa shape index (κ2) is 12.2. The van der Waals surface area contributed by atoms with Crippen LogP contribution in [0.4, 0.5) is 0 Å². The summed E-state index contributed by atoms with van der Waals surface area (Å²) in [7, 11) is 0. The molecular weight excluding hydrogens is 534 g/mol. The standard InChI is InChI=1S/C42H43NO/c1-3-11-29(12-4-1)30-13-9-14-31(25-30)32-15-10-16-35(26-32)38-27-33(21-23-40(38)43-36-17-5-2-6-18-36)34-22-24-42-39(28-34)37-19-7-8-20-41(37)44-42/h1-3,5,7-9,11,13-15,17,19-20,22,24,28,30,33,35,43H,4,6,10,12,16,18,21,23,25-27H2. The number of benzene rings is 2. The molecule has 8 rings (SSSR count). The van der Waals surface area contributed by atoms with Crippen LogP contribution in [0.25, 0.3) is 21.9 Å². The number of para-hydroxylation sites is 1. The van der Waals surface area contributed by atoms with Gasteiger partial charge >= 0.3 is 0 Å². The SMILES string of the molecule is C1=CCCC(NC2=C(C3CCC=C(C4=CC=CC(C5=CC=CCC5)C4)C3)CC(c3ccc4oc5ccccc5c4c3)CC2)=C1. The van der Waals surface area contributed by atoms with Crippen LogP contribution in [0.5, 0.6) is 0 Å². The normalized spacial score (nSPS) is 25.6. The van der Waals surface area contributed by atoms with Gasteiger partial charge in [0.2, 0.25) is 0 Å². The lowest BCUT2D eigenvalue weighted by atomic mass is 9.71. The Bertz CT molecular complexity index is 1830. The average Bonchev–Trinajstić information content (AvgIpc) is 3.47. The smallest absolute Gasteiger partial charge is 0.135 e. The van der Waals surface area contributed by atoms with Gasteiger partial charge < -0.3 is 9.73 Å². The van der Waals surface area contributed by atoms with Crippen molar-refractivity contribution in [2.24, 2.45) is 11.8 Å². The van der Waals surface area contributed by atoms with Gasteiger partial charge in [0.05, 0.1) is 0 Å². The van der Waals surface area contributed by atoms with Crippen LogP contribution in [-0.4, -0.2) is 0 Å². The topological polar surface area (TPSA) is 25.2 Å². The van der Waals surface area contributed by atoms with Gasteiger partial charge in [-0.2, -0.15) is 0 Å². The summed E-state index contributed by atoms with van der Waals surface area (Å²) < 4.78 is 6.17. The molecule has 0 bridgehead atoms. The van der Waals surface area contributed by atoms with Crippen LogP contribution in [0.15, 0.2) is 141 Å². The highest BCUT2D eigenvalue weighted by atomic mass is 16.3. The third kappa shape index (κ3) is 5.52. The lowest BCUT2D eigenvalue weighted by Crippen LogP contribution is -2.25. The average molecular weight is 578 g/mol. The Morgan fingerprint density at radius 3 is 2.45 bits per heavy atom. The molecule has 5 aliphatic carbocycles. The van der Waals surface area contributed by atoms with Crippen molar-refractivity contribution in [1.29, 1.82) is 0 Å². The summed E-state index contributed by atoms with van der Waals surface area (Å²) in [5.41, 5.74) is 12.8. The Kier molecular flexibility index (Phi) is 7.60. The zero-order chi connectivity index (χ0) is 29.3. The minimum absolute atomic E-state index is 0.538. The molecular formula is C42H43NO. The number of fused-ring (bicyclic) bond motifs is 3. The van der Waals surface area contributed by atoms with Crippen LogP contribution in [0.3, 0.4) is 0 Å². The predicted molar refractivity (Wildman–Crippen MR) is 184 cm³/mol. The highest BCUT2D eigenvalue weighted by Gasteiger charge is 2.31. The summed E-state index contributed by atoms with van der Waals surface area (Å²) in [5.74, 6) is 1.69. The first-order valence-corrected chi connectivity index (χ1v) is 17.0. The Hall–Kier alpha value is -4.04. The molecule has 3 unspecified atom stereocenters. The predicted octanol–water partition coefficient (Wildman–Crippen LogP) is 11.4. The minimum atomic E-state index is 0.538. The van der Waals surface area contributed by atoms with Crippen LogP contribution >= 0.6 is 0 Å². The van der Waals surface area contributed by atoms with Gasteiger partial charge in [-0.05, 0) is 129 Å². The van der Waals surface area contributed by atoms with Gasteiger partial charge in [-0.3, -0.25) is 0 Å². The molecule has 44 heavy (non-hydrogen) atoms. The van der Waals surface area contributed by atoms with E-state index >= 15 is 0 Å². The summed E-state index contributed by atoms with van der Waals surface area (Å²) in [6.07, 6.45) is 36.3. The van der Waals surface area contributed by atoms with E-state index in [1.54, 1.807) is 22.3 Å². The van der Waals surface area contributed by atoms with E-state index < -0.39 is 0 Å². The molecule has 1 N–H and O–H groups in total. The Morgan fingerprint density at radius 2 is 1.57 bits per heavy atom. The Morgan fingerprint density at radius 1 is 0.682 bits per heavy atom. The van der Waals surface area contributed by atoms with Crippen molar-refractivity contribution in [3.8, 4) is 0 Å². The zero-order valence-electron chi connectivity index (χ0n) is 25.7. The molecule has 0 spiro atoms. The maximum Gasteiger partial charge on any atom is 0.135 e. The number of rotatable bonds is 6. The van der Waals surface area contributed by atoms with Gasteiger partial charge in [0, 0.05) is 28.1 Å². The molecule has 0 aliphatic heterocycles. The number of hydrogen-bond donors (Lipinski definition) is 1. The van der Waals surface area contributed by atoms with E-state index in [1.807, 2.05) is 0 Å². The van der Waals surface area contributed by atoms with Gasteiger partial charge in [0.1, 0.15) is 11.2 Å². The van der Waals surface area contributed by atoms with E-state index in [0.717, 1.165) is 43.3 Å². The molecule has 2 heteroatoms. The van der Waals surface area contributed by atoms with Crippen molar-refractivity contribution in [2.75, 3.05) is 0 Å². The number of furan rings is 1. The van der Waals surface area contributed by atoms with Crippen LogP contribution in [0.1, 0.15) is 82.1 Å². The quantitative estimate of drug-likeness (QED) is 0.315. The maximum atomic E-state index is 6.17. The largest absolute Gasteiger partial charge is 0.456 e.